The molecule has 0 aromatic carbocycles. The highest BCUT2D eigenvalue weighted by Gasteiger charge is 2.65. The maximum absolute atomic E-state index is 11.8. The molecule has 142 valence electrons. The summed E-state index contributed by atoms with van der Waals surface area (Å²) >= 11 is 0. The molecule has 2 bridgehead atoms. The summed E-state index contributed by atoms with van der Waals surface area (Å²) in [5, 5.41) is -0.537. The van der Waals surface area contributed by atoms with E-state index in [1.54, 1.807) is 0 Å². The second-order valence-electron chi connectivity index (χ2n) is 6.68. The molecule has 3 aliphatic rings. The summed E-state index contributed by atoms with van der Waals surface area (Å²) in [7, 11) is -8.21. The first-order valence-corrected chi connectivity index (χ1v) is 10.7. The average Bonchev–Trinajstić information content (AvgIpc) is 3.07. The average molecular weight is 397 g/mol. The van der Waals surface area contributed by atoms with Crippen molar-refractivity contribution in [2.24, 2.45) is 17.8 Å². The third-order valence-corrected chi connectivity index (χ3v) is 7.55. The van der Waals surface area contributed by atoms with Crippen LogP contribution >= 0.6 is 0 Å². The highest BCUT2D eigenvalue weighted by atomic mass is 32.2. The van der Waals surface area contributed by atoms with E-state index in [-0.39, 0.29) is 11.8 Å². The fourth-order valence-corrected chi connectivity index (χ4v) is 6.51. The SMILES string of the molecule is CC(CS(=O)(=O)[O-])C(=O)OCC(=O)OC1C2CC3C1OS(=O)(=O)C3C2. The van der Waals surface area contributed by atoms with E-state index in [1.165, 1.54) is 6.92 Å². The Kier molecular flexibility index (Phi) is 4.58. The molecule has 1 saturated heterocycles. The lowest BCUT2D eigenvalue weighted by Gasteiger charge is -2.24. The van der Waals surface area contributed by atoms with E-state index in [1.807, 2.05) is 0 Å². The van der Waals surface area contributed by atoms with Crippen molar-refractivity contribution in [1.82, 2.24) is 0 Å². The molecule has 3 rings (SSSR count). The third-order valence-electron chi connectivity index (χ3n) is 4.87. The zero-order valence-electron chi connectivity index (χ0n) is 13.2. The molecule has 1 aliphatic heterocycles. The molecule has 10 nitrogen and oxygen atoms in total. The molecule has 2 saturated carbocycles. The molecule has 6 unspecified atom stereocenters. The summed E-state index contributed by atoms with van der Waals surface area (Å²) in [4.78, 5) is 23.4. The molecule has 6 atom stereocenters. The van der Waals surface area contributed by atoms with Gasteiger partial charge in [-0.1, -0.05) is 6.92 Å². The largest absolute Gasteiger partial charge is 0.748 e. The van der Waals surface area contributed by atoms with Gasteiger partial charge in [-0.25, -0.2) is 13.2 Å². The second-order valence-corrected chi connectivity index (χ2v) is 9.91. The van der Waals surface area contributed by atoms with Gasteiger partial charge in [-0.15, -0.1) is 0 Å². The van der Waals surface area contributed by atoms with Crippen LogP contribution in [0.1, 0.15) is 19.8 Å². The van der Waals surface area contributed by atoms with Crippen LogP contribution in [0, 0.1) is 17.8 Å². The molecule has 0 aromatic heterocycles. The van der Waals surface area contributed by atoms with E-state index in [4.69, 9.17) is 8.92 Å². The van der Waals surface area contributed by atoms with Gasteiger partial charge in [-0.2, -0.15) is 8.42 Å². The van der Waals surface area contributed by atoms with Gasteiger partial charge in [0.1, 0.15) is 12.2 Å². The predicted molar refractivity (Wildman–Crippen MR) is 78.4 cm³/mol. The zero-order valence-corrected chi connectivity index (χ0v) is 14.8. The Morgan fingerprint density at radius 1 is 1.32 bits per heavy atom. The second kappa shape index (κ2) is 6.18. The van der Waals surface area contributed by atoms with E-state index in [0.29, 0.717) is 12.8 Å². The Bertz CT molecular complexity index is 786. The number of ether oxygens (including phenoxy) is 2. The van der Waals surface area contributed by atoms with E-state index < -0.39 is 67.9 Å². The predicted octanol–water partition coefficient (Wildman–Crippen LogP) is -1.24. The van der Waals surface area contributed by atoms with Crippen LogP contribution in [-0.2, 0) is 43.5 Å². The Morgan fingerprint density at radius 2 is 2.00 bits per heavy atom. The molecular weight excluding hydrogens is 380 g/mol. The zero-order chi connectivity index (χ0) is 18.6. The number of carbonyl (C=O) groups is 2. The smallest absolute Gasteiger partial charge is 0.344 e. The molecule has 0 spiro atoms. The van der Waals surface area contributed by atoms with Gasteiger partial charge in [0.15, 0.2) is 6.61 Å². The van der Waals surface area contributed by atoms with Gasteiger partial charge in [-0.3, -0.25) is 8.98 Å². The summed E-state index contributed by atoms with van der Waals surface area (Å²) in [6.45, 7) is 0.440. The van der Waals surface area contributed by atoms with Gasteiger partial charge in [0.05, 0.1) is 27.0 Å². The van der Waals surface area contributed by atoms with Crippen molar-refractivity contribution in [3.8, 4) is 0 Å². The van der Waals surface area contributed by atoms with E-state index >= 15 is 0 Å². The van der Waals surface area contributed by atoms with Crippen LogP contribution in [0.15, 0.2) is 0 Å². The van der Waals surface area contributed by atoms with Crippen molar-refractivity contribution in [3.63, 3.8) is 0 Å². The topological polar surface area (TPSA) is 153 Å². The fraction of sp³-hybridized carbons (Fsp3) is 0.846. The summed E-state index contributed by atoms with van der Waals surface area (Å²) in [5.41, 5.74) is 0. The van der Waals surface area contributed by atoms with Crippen LogP contribution in [0.3, 0.4) is 0 Å². The Hall–Kier alpha value is -1.24. The molecule has 12 heteroatoms. The van der Waals surface area contributed by atoms with Crippen LogP contribution in [-0.4, -0.2) is 63.1 Å². The molecule has 25 heavy (non-hydrogen) atoms. The number of hydrogen-bond acceptors (Lipinski definition) is 10. The first-order chi connectivity index (χ1) is 11.5. The van der Waals surface area contributed by atoms with Crippen molar-refractivity contribution >= 4 is 32.2 Å². The first kappa shape index (κ1) is 18.5. The van der Waals surface area contributed by atoms with Crippen molar-refractivity contribution in [1.29, 1.82) is 0 Å². The van der Waals surface area contributed by atoms with Crippen molar-refractivity contribution < 1.29 is 44.6 Å². The van der Waals surface area contributed by atoms with Gasteiger partial charge >= 0.3 is 11.9 Å². The first-order valence-electron chi connectivity index (χ1n) is 7.70. The highest BCUT2D eigenvalue weighted by molar-refractivity contribution is 7.87. The molecule has 3 fully saturated rings. The molecule has 0 amide bonds. The normalized spacial score (nSPS) is 36.2. The number of hydrogen-bond donors (Lipinski definition) is 0. The minimum Gasteiger partial charge on any atom is -0.748 e. The maximum atomic E-state index is 11.8. The van der Waals surface area contributed by atoms with Crippen LogP contribution in [0.2, 0.25) is 0 Å². The Morgan fingerprint density at radius 3 is 2.64 bits per heavy atom. The minimum atomic E-state index is -4.59. The van der Waals surface area contributed by atoms with E-state index in [0.717, 1.165) is 0 Å². The summed E-state index contributed by atoms with van der Waals surface area (Å²) in [6.07, 6.45) is -0.424. The van der Waals surface area contributed by atoms with Gasteiger partial charge < -0.3 is 14.0 Å². The van der Waals surface area contributed by atoms with E-state index in [2.05, 4.69) is 4.74 Å². The molecule has 0 radical (unpaired) electrons. The van der Waals surface area contributed by atoms with Gasteiger partial charge in [0, 0.05) is 11.8 Å². The van der Waals surface area contributed by atoms with Crippen LogP contribution < -0.4 is 0 Å². The minimum absolute atomic E-state index is 0.110. The number of rotatable bonds is 6. The number of fused-ring (bicyclic) bond motifs is 1. The molecule has 0 N–H and O–H groups in total. The van der Waals surface area contributed by atoms with Gasteiger partial charge in [-0.05, 0) is 12.8 Å². The summed E-state index contributed by atoms with van der Waals surface area (Å²) in [6, 6.07) is 0. The molecular formula is C13H17O10S2-. The van der Waals surface area contributed by atoms with Crippen LogP contribution in [0.4, 0.5) is 0 Å². The molecule has 1 heterocycles. The monoisotopic (exact) mass is 397 g/mol. The van der Waals surface area contributed by atoms with Crippen molar-refractivity contribution in [2.45, 2.75) is 37.2 Å². The fourth-order valence-electron chi connectivity index (χ4n) is 3.88. The Balaban J connectivity index is 1.50. The van der Waals surface area contributed by atoms with Crippen molar-refractivity contribution in [3.05, 3.63) is 0 Å². The third kappa shape index (κ3) is 3.66. The van der Waals surface area contributed by atoms with Crippen molar-refractivity contribution in [2.75, 3.05) is 12.4 Å². The molecule has 2 aliphatic carbocycles. The Labute approximate surface area is 144 Å². The standard InChI is InChI=1S/C13H18O10S2/c1-6(5-24(16,17)18)13(15)21-4-10(14)22-11-7-2-8-9(3-7)25(19,20)23-12(8)11/h6-9,11-12H,2-5H2,1H3,(H,16,17,18)/p-1. The van der Waals surface area contributed by atoms with Gasteiger partial charge in [0.2, 0.25) is 0 Å². The highest BCUT2D eigenvalue weighted by Crippen LogP contribution is 2.55. The van der Waals surface area contributed by atoms with Crippen LogP contribution in [0.5, 0.6) is 0 Å². The lowest BCUT2D eigenvalue weighted by Crippen LogP contribution is -2.38. The van der Waals surface area contributed by atoms with E-state index in [9.17, 15) is 31.0 Å². The van der Waals surface area contributed by atoms with Gasteiger partial charge in [0.25, 0.3) is 10.1 Å². The summed E-state index contributed by atoms with van der Waals surface area (Å²) < 4.78 is 70.3. The maximum Gasteiger partial charge on any atom is 0.344 e. The lowest BCUT2D eigenvalue weighted by molar-refractivity contribution is -0.168. The summed E-state index contributed by atoms with van der Waals surface area (Å²) in [5.74, 6) is -4.32. The number of carbonyl (C=O) groups excluding carboxylic acids is 2. The quantitative estimate of drug-likeness (QED) is 0.302. The number of esters is 2. The van der Waals surface area contributed by atoms with Crippen LogP contribution in [0.25, 0.3) is 0 Å². The molecule has 0 aromatic rings. The lowest BCUT2D eigenvalue weighted by atomic mass is 9.94.